The summed E-state index contributed by atoms with van der Waals surface area (Å²) >= 11 is 12.0. The van der Waals surface area contributed by atoms with E-state index in [2.05, 4.69) is 10.2 Å². The van der Waals surface area contributed by atoms with E-state index in [1.54, 1.807) is 0 Å². The molecule has 26 heavy (non-hydrogen) atoms. The molecule has 0 saturated carbocycles. The van der Waals surface area contributed by atoms with Crippen LogP contribution in [0.15, 0.2) is 35.1 Å². The molecule has 6 nitrogen and oxygen atoms in total. The van der Waals surface area contributed by atoms with Crippen molar-refractivity contribution in [2.75, 3.05) is 0 Å². The first-order chi connectivity index (χ1) is 12.4. The number of nitrogens with one attached hydrogen (secondary N) is 1. The molecule has 1 N–H and O–H groups in total. The molecule has 0 aliphatic rings. The Balaban J connectivity index is 2.07. The van der Waals surface area contributed by atoms with Crippen molar-refractivity contribution in [2.24, 2.45) is 7.05 Å². The fourth-order valence-electron chi connectivity index (χ4n) is 2.33. The van der Waals surface area contributed by atoms with Crippen LogP contribution in [0.3, 0.4) is 0 Å². The molecule has 0 bridgehead atoms. The van der Waals surface area contributed by atoms with Crippen molar-refractivity contribution < 1.29 is 9.13 Å². The van der Waals surface area contributed by atoms with Gasteiger partial charge in [-0.3, -0.25) is 4.57 Å². The van der Waals surface area contributed by atoms with Crippen molar-refractivity contribution in [1.82, 2.24) is 14.8 Å². The molecule has 0 radical (unpaired) electrons. The van der Waals surface area contributed by atoms with Crippen LogP contribution >= 0.6 is 23.2 Å². The monoisotopic (exact) mass is 392 g/mol. The van der Waals surface area contributed by atoms with Crippen LogP contribution in [0.2, 0.25) is 10.0 Å². The lowest BCUT2D eigenvalue weighted by Crippen LogP contribution is -2.15. The largest absolute Gasteiger partial charge is 0.485 e. The lowest BCUT2D eigenvalue weighted by Gasteiger charge is -2.14. The number of halogens is 3. The first-order valence-electron chi connectivity index (χ1n) is 7.33. The van der Waals surface area contributed by atoms with Crippen molar-refractivity contribution in [3.8, 4) is 22.9 Å². The minimum atomic E-state index is -0.530. The second kappa shape index (κ2) is 7.20. The van der Waals surface area contributed by atoms with Gasteiger partial charge in [-0.25, -0.2) is 14.3 Å². The molecule has 3 aromatic rings. The van der Waals surface area contributed by atoms with Gasteiger partial charge >= 0.3 is 5.69 Å². The average Bonchev–Trinajstić information content (AvgIpc) is 2.94. The van der Waals surface area contributed by atoms with Crippen molar-refractivity contribution in [3.05, 3.63) is 68.1 Å². The molecule has 0 amide bonds. The van der Waals surface area contributed by atoms with E-state index in [0.717, 1.165) is 0 Å². The molecular formula is C17H11Cl2FN4O2. The number of ether oxygens (including phenoxy) is 1. The van der Waals surface area contributed by atoms with Crippen molar-refractivity contribution >= 4 is 23.2 Å². The summed E-state index contributed by atoms with van der Waals surface area (Å²) in [4.78, 5) is 11.4. The highest BCUT2D eigenvalue weighted by Gasteiger charge is 2.16. The molecule has 0 aliphatic carbocycles. The maximum atomic E-state index is 14.3. The Morgan fingerprint density at radius 1 is 1.31 bits per heavy atom. The Morgan fingerprint density at radius 3 is 2.73 bits per heavy atom. The second-order valence-corrected chi connectivity index (χ2v) is 6.20. The van der Waals surface area contributed by atoms with E-state index in [0.29, 0.717) is 16.4 Å². The Hall–Kier alpha value is -2.82. The number of nitrogens with zero attached hydrogens (tertiary/aromatic N) is 3. The third-order valence-corrected chi connectivity index (χ3v) is 4.29. The molecule has 0 atom stereocenters. The normalized spacial score (nSPS) is 10.6. The van der Waals surface area contributed by atoms with Gasteiger partial charge in [-0.1, -0.05) is 23.2 Å². The third-order valence-electron chi connectivity index (χ3n) is 3.74. The average molecular weight is 393 g/mol. The standard InChI is InChI=1S/C17H11Cl2FN4O2/c1-24-16(22-23-17(24)25)8-26-15-6-13(19)9(7-21)4-12(15)11-5-10(18)2-3-14(11)20/h2-6H,8H2,1H3,(H,23,25). The van der Waals surface area contributed by atoms with Gasteiger partial charge in [-0.05, 0) is 24.3 Å². The number of benzene rings is 2. The molecule has 0 fully saturated rings. The van der Waals surface area contributed by atoms with Crippen LogP contribution in [0.25, 0.3) is 11.1 Å². The molecule has 3 rings (SSSR count). The van der Waals surface area contributed by atoms with Gasteiger partial charge in [0, 0.05) is 29.3 Å². The van der Waals surface area contributed by atoms with Gasteiger partial charge in [-0.15, -0.1) is 0 Å². The highest BCUT2D eigenvalue weighted by molar-refractivity contribution is 6.32. The lowest BCUT2D eigenvalue weighted by atomic mass is 10.0. The van der Waals surface area contributed by atoms with E-state index >= 15 is 0 Å². The number of H-pyrrole nitrogens is 1. The van der Waals surface area contributed by atoms with E-state index in [1.807, 2.05) is 6.07 Å². The summed E-state index contributed by atoms with van der Waals surface area (Å²) in [6.07, 6.45) is 0. The predicted octanol–water partition coefficient (Wildman–Crippen LogP) is 3.67. The van der Waals surface area contributed by atoms with Crippen molar-refractivity contribution in [2.45, 2.75) is 6.61 Å². The number of nitriles is 1. The van der Waals surface area contributed by atoms with Gasteiger partial charge in [0.05, 0.1) is 10.6 Å². The molecule has 1 aromatic heterocycles. The van der Waals surface area contributed by atoms with Crippen LogP contribution in [-0.4, -0.2) is 14.8 Å². The number of hydrogen-bond donors (Lipinski definition) is 1. The Morgan fingerprint density at radius 2 is 2.08 bits per heavy atom. The number of aromatic nitrogens is 3. The van der Waals surface area contributed by atoms with Crippen LogP contribution in [0.1, 0.15) is 11.4 Å². The maximum Gasteiger partial charge on any atom is 0.343 e. The summed E-state index contributed by atoms with van der Waals surface area (Å²) in [5, 5.41) is 15.8. The quantitative estimate of drug-likeness (QED) is 0.733. The van der Waals surface area contributed by atoms with Gasteiger partial charge < -0.3 is 4.74 Å². The Bertz CT molecular complexity index is 1090. The number of hydrogen-bond acceptors (Lipinski definition) is 4. The minimum Gasteiger partial charge on any atom is -0.485 e. The molecular weight excluding hydrogens is 382 g/mol. The van der Waals surface area contributed by atoms with Crippen LogP contribution in [0.5, 0.6) is 5.75 Å². The molecule has 0 unspecified atom stereocenters. The highest BCUT2D eigenvalue weighted by atomic mass is 35.5. The lowest BCUT2D eigenvalue weighted by molar-refractivity contribution is 0.292. The molecule has 0 saturated heterocycles. The van der Waals surface area contributed by atoms with Crippen molar-refractivity contribution in [3.63, 3.8) is 0 Å². The zero-order valence-electron chi connectivity index (χ0n) is 13.4. The molecule has 0 aliphatic heterocycles. The Kier molecular flexibility index (Phi) is 4.98. The smallest absolute Gasteiger partial charge is 0.343 e. The Labute approximate surface area is 157 Å². The summed E-state index contributed by atoms with van der Waals surface area (Å²) < 4.78 is 21.3. The zero-order chi connectivity index (χ0) is 18.8. The van der Waals surface area contributed by atoms with E-state index < -0.39 is 5.82 Å². The first kappa shape index (κ1) is 18.0. The maximum absolute atomic E-state index is 14.3. The zero-order valence-corrected chi connectivity index (χ0v) is 14.9. The van der Waals surface area contributed by atoms with E-state index in [9.17, 15) is 14.4 Å². The molecule has 2 aromatic carbocycles. The van der Waals surface area contributed by atoms with Crippen molar-refractivity contribution in [1.29, 1.82) is 5.26 Å². The van der Waals surface area contributed by atoms with Gasteiger partial charge in [0.1, 0.15) is 24.2 Å². The second-order valence-electron chi connectivity index (χ2n) is 5.36. The third kappa shape index (κ3) is 3.43. The van der Waals surface area contributed by atoms with Gasteiger partial charge in [0.2, 0.25) is 0 Å². The van der Waals surface area contributed by atoms with E-state index in [1.165, 1.54) is 41.9 Å². The summed E-state index contributed by atoms with van der Waals surface area (Å²) in [7, 11) is 1.54. The highest BCUT2D eigenvalue weighted by Crippen LogP contribution is 2.37. The van der Waals surface area contributed by atoms with Crippen LogP contribution in [-0.2, 0) is 13.7 Å². The summed E-state index contributed by atoms with van der Waals surface area (Å²) in [5.41, 5.74) is 0.256. The van der Waals surface area contributed by atoms with Crippen LogP contribution in [0, 0.1) is 17.1 Å². The molecule has 1 heterocycles. The van der Waals surface area contributed by atoms with Gasteiger partial charge in [-0.2, -0.15) is 10.4 Å². The van der Waals surface area contributed by atoms with Gasteiger partial charge in [0.15, 0.2) is 5.82 Å². The fourth-order valence-corrected chi connectivity index (χ4v) is 2.69. The fraction of sp³-hybridized carbons (Fsp3) is 0.118. The summed E-state index contributed by atoms with van der Waals surface area (Å²) in [5.74, 6) is 0.0382. The SMILES string of the molecule is Cn1c(COc2cc(Cl)c(C#N)cc2-c2cc(Cl)ccc2F)n[nH]c1=O. The molecule has 0 spiro atoms. The van der Waals surface area contributed by atoms with Crippen LogP contribution in [0.4, 0.5) is 4.39 Å². The van der Waals surface area contributed by atoms with Crippen LogP contribution < -0.4 is 10.4 Å². The minimum absolute atomic E-state index is 0.0628. The summed E-state index contributed by atoms with van der Waals surface area (Å²) in [6.45, 7) is -0.0628. The van der Waals surface area contributed by atoms with E-state index in [-0.39, 0.29) is 34.2 Å². The van der Waals surface area contributed by atoms with Gasteiger partial charge in [0.25, 0.3) is 0 Å². The predicted molar refractivity (Wildman–Crippen MR) is 94.7 cm³/mol. The summed E-state index contributed by atoms with van der Waals surface area (Å²) in [6, 6.07) is 8.86. The first-order valence-corrected chi connectivity index (χ1v) is 8.08. The van der Waals surface area contributed by atoms with E-state index in [4.69, 9.17) is 27.9 Å². The molecule has 132 valence electrons. The molecule has 9 heteroatoms. The number of aromatic amines is 1. The number of rotatable bonds is 4. The topological polar surface area (TPSA) is 83.7 Å².